The highest BCUT2D eigenvalue weighted by molar-refractivity contribution is 5.79. The van der Waals surface area contributed by atoms with Crippen LogP contribution in [0.2, 0.25) is 0 Å². The van der Waals surface area contributed by atoms with Gasteiger partial charge in [0.05, 0.1) is 12.6 Å². The maximum atomic E-state index is 9.34. The van der Waals surface area contributed by atoms with E-state index in [-0.39, 0.29) is 18.1 Å². The number of guanidine groups is 1. The minimum Gasteiger partial charge on any atom is -0.396 e. The van der Waals surface area contributed by atoms with Gasteiger partial charge in [-0.2, -0.15) is 0 Å². The normalized spacial score (nSPS) is 22.2. The number of aliphatic hydroxyl groups is 1. The van der Waals surface area contributed by atoms with E-state index in [1.54, 1.807) is 7.05 Å². The number of benzene rings is 1. The van der Waals surface area contributed by atoms with Gasteiger partial charge in [0.15, 0.2) is 5.96 Å². The van der Waals surface area contributed by atoms with Gasteiger partial charge in [0, 0.05) is 38.8 Å². The molecule has 0 amide bonds. The van der Waals surface area contributed by atoms with Gasteiger partial charge in [-0.05, 0) is 32.5 Å². The second-order valence-electron chi connectivity index (χ2n) is 6.97. The van der Waals surface area contributed by atoms with Crippen LogP contribution in [0.5, 0.6) is 0 Å². The first-order chi connectivity index (χ1) is 12.1. The third-order valence-corrected chi connectivity index (χ3v) is 4.95. The van der Waals surface area contributed by atoms with Crippen LogP contribution in [0.4, 0.5) is 0 Å². The van der Waals surface area contributed by atoms with Gasteiger partial charge in [-0.1, -0.05) is 30.3 Å². The summed E-state index contributed by atoms with van der Waals surface area (Å²) in [5.41, 5.74) is 1.28. The fraction of sp³-hybridized carbons (Fsp3) is 0.632. The molecule has 1 aliphatic heterocycles. The second kappa shape index (κ2) is 9.75. The van der Waals surface area contributed by atoms with Crippen LogP contribution in [0.25, 0.3) is 0 Å². The van der Waals surface area contributed by atoms with Crippen LogP contribution in [-0.4, -0.2) is 70.0 Å². The number of rotatable bonds is 8. The molecule has 25 heavy (non-hydrogen) atoms. The molecule has 0 aliphatic carbocycles. The molecule has 0 aromatic heterocycles. The molecule has 6 heteroatoms. The van der Waals surface area contributed by atoms with Crippen molar-refractivity contribution < 1.29 is 9.84 Å². The first-order valence-electron chi connectivity index (χ1n) is 8.95. The Morgan fingerprint density at radius 1 is 1.32 bits per heavy atom. The predicted octanol–water partition coefficient (Wildman–Crippen LogP) is 1.24. The number of hydrogen-bond donors (Lipinski definition) is 3. The van der Waals surface area contributed by atoms with Crippen molar-refractivity contribution in [2.24, 2.45) is 10.4 Å². The number of nitrogens with zero attached hydrogens (tertiary/aromatic N) is 2. The van der Waals surface area contributed by atoms with Crippen molar-refractivity contribution in [1.82, 2.24) is 15.5 Å². The maximum Gasteiger partial charge on any atom is 0.191 e. The predicted molar refractivity (Wildman–Crippen MR) is 102 cm³/mol. The highest BCUT2D eigenvalue weighted by Gasteiger charge is 2.34. The standard InChI is InChI=1S/C19H32N4O2/c1-20-18(22-14-19(9-11-24)10-12-25-15-19)21-13-17(23(2)3)16-7-5-4-6-8-16/h4-8,17,24H,9-15H2,1-3H3,(H2,20,21,22). The number of ether oxygens (including phenoxy) is 1. The fourth-order valence-electron chi connectivity index (χ4n) is 3.27. The summed E-state index contributed by atoms with van der Waals surface area (Å²) in [6, 6.07) is 10.7. The van der Waals surface area contributed by atoms with Gasteiger partial charge in [0.25, 0.3) is 0 Å². The van der Waals surface area contributed by atoms with Crippen LogP contribution < -0.4 is 10.6 Å². The van der Waals surface area contributed by atoms with Crippen molar-refractivity contribution in [3.8, 4) is 0 Å². The molecule has 1 aromatic carbocycles. The van der Waals surface area contributed by atoms with E-state index in [1.807, 2.05) is 6.07 Å². The van der Waals surface area contributed by atoms with Crippen molar-refractivity contribution >= 4 is 5.96 Å². The lowest BCUT2D eigenvalue weighted by Crippen LogP contribution is -2.46. The van der Waals surface area contributed by atoms with Crippen LogP contribution in [-0.2, 0) is 4.74 Å². The smallest absolute Gasteiger partial charge is 0.191 e. The molecule has 1 saturated heterocycles. The third-order valence-electron chi connectivity index (χ3n) is 4.95. The molecule has 1 fully saturated rings. The Labute approximate surface area is 151 Å². The van der Waals surface area contributed by atoms with Gasteiger partial charge in [-0.15, -0.1) is 0 Å². The largest absolute Gasteiger partial charge is 0.396 e. The van der Waals surface area contributed by atoms with Crippen molar-refractivity contribution in [3.05, 3.63) is 35.9 Å². The van der Waals surface area contributed by atoms with Crippen LogP contribution in [0.1, 0.15) is 24.4 Å². The molecule has 0 bridgehead atoms. The highest BCUT2D eigenvalue weighted by atomic mass is 16.5. The SMILES string of the molecule is CN=C(NCC(c1ccccc1)N(C)C)NCC1(CCO)CCOC1. The first kappa shape index (κ1) is 19.7. The molecule has 1 aromatic rings. The van der Waals surface area contributed by atoms with E-state index >= 15 is 0 Å². The van der Waals surface area contributed by atoms with Crippen LogP contribution in [0, 0.1) is 5.41 Å². The molecule has 0 saturated carbocycles. The van der Waals surface area contributed by atoms with Crippen LogP contribution in [0.15, 0.2) is 35.3 Å². The summed E-state index contributed by atoms with van der Waals surface area (Å²) >= 11 is 0. The molecule has 2 rings (SSSR count). The summed E-state index contributed by atoms with van der Waals surface area (Å²) in [7, 11) is 5.95. The highest BCUT2D eigenvalue weighted by Crippen LogP contribution is 2.31. The Balaban J connectivity index is 1.90. The summed E-state index contributed by atoms with van der Waals surface area (Å²) in [6.45, 7) is 3.17. The number of nitrogens with one attached hydrogen (secondary N) is 2. The van der Waals surface area contributed by atoms with E-state index in [9.17, 15) is 5.11 Å². The lowest BCUT2D eigenvalue weighted by Gasteiger charge is -2.29. The molecule has 3 N–H and O–H groups in total. The van der Waals surface area contributed by atoms with Crippen LogP contribution in [0.3, 0.4) is 0 Å². The fourth-order valence-corrected chi connectivity index (χ4v) is 3.27. The van der Waals surface area contributed by atoms with Gasteiger partial charge in [-0.3, -0.25) is 4.99 Å². The summed E-state index contributed by atoms with van der Waals surface area (Å²) in [6.07, 6.45) is 1.73. The molecule has 2 unspecified atom stereocenters. The average molecular weight is 348 g/mol. The molecule has 140 valence electrons. The zero-order valence-electron chi connectivity index (χ0n) is 15.7. The lowest BCUT2D eigenvalue weighted by atomic mass is 9.84. The second-order valence-corrected chi connectivity index (χ2v) is 6.97. The summed E-state index contributed by atoms with van der Waals surface area (Å²) < 4.78 is 5.55. The van der Waals surface area contributed by atoms with E-state index in [0.717, 1.165) is 38.5 Å². The Kier molecular flexibility index (Phi) is 7.68. The lowest BCUT2D eigenvalue weighted by molar-refractivity contribution is 0.127. The Morgan fingerprint density at radius 2 is 2.08 bits per heavy atom. The molecule has 0 radical (unpaired) electrons. The zero-order chi connectivity index (χ0) is 18.1. The van der Waals surface area contributed by atoms with Gasteiger partial charge in [0.2, 0.25) is 0 Å². The summed E-state index contributed by atoms with van der Waals surface area (Å²) in [5.74, 6) is 0.784. The van der Waals surface area contributed by atoms with E-state index in [0.29, 0.717) is 6.61 Å². The van der Waals surface area contributed by atoms with Gasteiger partial charge >= 0.3 is 0 Å². The Morgan fingerprint density at radius 3 is 2.64 bits per heavy atom. The quantitative estimate of drug-likeness (QED) is 0.487. The topological polar surface area (TPSA) is 69.1 Å². The van der Waals surface area contributed by atoms with Crippen molar-refractivity contribution in [2.45, 2.75) is 18.9 Å². The Bertz CT molecular complexity index is 527. The van der Waals surface area contributed by atoms with Gasteiger partial charge < -0.3 is 25.4 Å². The molecule has 6 nitrogen and oxygen atoms in total. The maximum absolute atomic E-state index is 9.34. The molecular weight excluding hydrogens is 316 g/mol. The minimum atomic E-state index is 0.00670. The van der Waals surface area contributed by atoms with Crippen LogP contribution >= 0.6 is 0 Å². The zero-order valence-corrected chi connectivity index (χ0v) is 15.7. The number of likely N-dealkylation sites (N-methyl/N-ethyl adjacent to an activating group) is 1. The average Bonchev–Trinajstić information content (AvgIpc) is 3.07. The van der Waals surface area contributed by atoms with Gasteiger partial charge in [0.1, 0.15) is 0 Å². The monoisotopic (exact) mass is 348 g/mol. The van der Waals surface area contributed by atoms with Crippen molar-refractivity contribution in [1.29, 1.82) is 0 Å². The number of aliphatic imine (C=N–C) groups is 1. The number of aliphatic hydroxyl groups excluding tert-OH is 1. The van der Waals surface area contributed by atoms with Crippen molar-refractivity contribution in [2.75, 3.05) is 54.1 Å². The number of hydrogen-bond acceptors (Lipinski definition) is 4. The molecule has 1 aliphatic rings. The Hall–Kier alpha value is -1.63. The van der Waals surface area contributed by atoms with E-state index in [1.165, 1.54) is 5.56 Å². The van der Waals surface area contributed by atoms with Gasteiger partial charge in [-0.25, -0.2) is 0 Å². The van der Waals surface area contributed by atoms with E-state index < -0.39 is 0 Å². The first-order valence-corrected chi connectivity index (χ1v) is 8.95. The minimum absolute atomic E-state index is 0.00670. The van der Waals surface area contributed by atoms with E-state index in [4.69, 9.17) is 4.74 Å². The molecule has 1 heterocycles. The summed E-state index contributed by atoms with van der Waals surface area (Å²) in [4.78, 5) is 6.54. The summed E-state index contributed by atoms with van der Waals surface area (Å²) in [5, 5.41) is 16.2. The van der Waals surface area contributed by atoms with Crippen molar-refractivity contribution in [3.63, 3.8) is 0 Å². The third kappa shape index (κ3) is 5.70. The molecular formula is C19H32N4O2. The molecule has 2 atom stereocenters. The van der Waals surface area contributed by atoms with E-state index in [2.05, 4.69) is 58.9 Å². The molecule has 0 spiro atoms.